The maximum absolute atomic E-state index is 13.8. The van der Waals surface area contributed by atoms with Gasteiger partial charge in [0.2, 0.25) is 10.0 Å². The average Bonchev–Trinajstić information content (AvgIpc) is 2.47. The second-order valence-electron chi connectivity index (χ2n) is 4.71. The Balaban J connectivity index is 2.39. The number of sulfonamides is 1. The zero-order valence-electron chi connectivity index (χ0n) is 11.5. The van der Waals surface area contributed by atoms with Crippen LogP contribution in [0.3, 0.4) is 0 Å². The number of carboxylic acids is 1. The highest BCUT2D eigenvalue weighted by molar-refractivity contribution is 7.89. The second-order valence-corrected chi connectivity index (χ2v) is 6.62. The van der Waals surface area contributed by atoms with Gasteiger partial charge in [-0.2, -0.15) is 4.31 Å². The molecule has 0 radical (unpaired) electrons. The molecule has 1 heterocycles. The van der Waals surface area contributed by atoms with Gasteiger partial charge < -0.3 is 9.84 Å². The summed E-state index contributed by atoms with van der Waals surface area (Å²) >= 11 is 0. The molecule has 0 aliphatic carbocycles. The number of rotatable bonds is 4. The Kier molecular flexibility index (Phi) is 4.60. The van der Waals surface area contributed by atoms with Gasteiger partial charge in [-0.1, -0.05) is 6.92 Å². The minimum atomic E-state index is -4.08. The lowest BCUT2D eigenvalue weighted by atomic mass is 10.2. The van der Waals surface area contributed by atoms with Gasteiger partial charge in [0, 0.05) is 13.1 Å². The summed E-state index contributed by atoms with van der Waals surface area (Å²) in [6.45, 7) is 2.36. The summed E-state index contributed by atoms with van der Waals surface area (Å²) in [7, 11) is -4.08. The monoisotopic (exact) mass is 317 g/mol. The lowest BCUT2D eigenvalue weighted by molar-refractivity contribution is -0.00283. The SMILES string of the molecule is CCC1CN(S(=O)(=O)c2cc(C(=O)O)ccc2F)CCO1. The predicted octanol–water partition coefficient (Wildman–Crippen LogP) is 1.32. The van der Waals surface area contributed by atoms with E-state index < -0.39 is 26.7 Å². The van der Waals surface area contributed by atoms with E-state index in [0.29, 0.717) is 6.42 Å². The fourth-order valence-electron chi connectivity index (χ4n) is 2.13. The zero-order chi connectivity index (χ0) is 15.6. The molecule has 0 saturated carbocycles. The molecule has 0 aromatic heterocycles. The Labute approximate surface area is 122 Å². The van der Waals surface area contributed by atoms with Gasteiger partial charge in [-0.25, -0.2) is 17.6 Å². The minimum Gasteiger partial charge on any atom is -0.478 e. The Bertz CT molecular complexity index is 646. The first-order valence-corrected chi connectivity index (χ1v) is 7.95. The first-order chi connectivity index (χ1) is 9.86. The fraction of sp³-hybridized carbons (Fsp3) is 0.462. The standard InChI is InChI=1S/C13H16FNO5S/c1-2-10-8-15(5-6-20-10)21(18,19)12-7-9(13(16)17)3-4-11(12)14/h3-4,7,10H,2,5-6,8H2,1H3,(H,16,17). The normalized spacial score (nSPS) is 20.4. The number of ether oxygens (including phenoxy) is 1. The van der Waals surface area contributed by atoms with E-state index in [-0.39, 0.29) is 31.4 Å². The van der Waals surface area contributed by atoms with Gasteiger partial charge in [0.05, 0.1) is 18.3 Å². The molecule has 1 saturated heterocycles. The first-order valence-electron chi connectivity index (χ1n) is 6.51. The Hall–Kier alpha value is -1.51. The maximum atomic E-state index is 13.8. The van der Waals surface area contributed by atoms with Crippen molar-refractivity contribution in [3.63, 3.8) is 0 Å². The largest absolute Gasteiger partial charge is 0.478 e. The van der Waals surface area contributed by atoms with Gasteiger partial charge in [-0.3, -0.25) is 0 Å². The molecule has 0 spiro atoms. The minimum absolute atomic E-state index is 0.121. The van der Waals surface area contributed by atoms with E-state index in [4.69, 9.17) is 9.84 Å². The van der Waals surface area contributed by atoms with Crippen LogP contribution in [0.1, 0.15) is 23.7 Å². The topological polar surface area (TPSA) is 83.9 Å². The van der Waals surface area contributed by atoms with Gasteiger partial charge in [0.25, 0.3) is 0 Å². The molecule has 1 N–H and O–H groups in total. The van der Waals surface area contributed by atoms with Crippen molar-refractivity contribution in [3.05, 3.63) is 29.6 Å². The summed E-state index contributed by atoms with van der Waals surface area (Å²) < 4.78 is 45.3. The number of hydrogen-bond donors (Lipinski definition) is 1. The van der Waals surface area contributed by atoms with E-state index in [1.165, 1.54) is 0 Å². The molecule has 1 fully saturated rings. The Morgan fingerprint density at radius 2 is 2.24 bits per heavy atom. The van der Waals surface area contributed by atoms with Crippen LogP contribution in [0, 0.1) is 5.82 Å². The molecular weight excluding hydrogens is 301 g/mol. The molecule has 2 rings (SSSR count). The number of morpholine rings is 1. The number of benzene rings is 1. The lowest BCUT2D eigenvalue weighted by Gasteiger charge is -2.31. The molecule has 1 aliphatic heterocycles. The summed E-state index contributed by atoms with van der Waals surface area (Å²) in [5, 5.41) is 8.91. The van der Waals surface area contributed by atoms with E-state index in [2.05, 4.69) is 0 Å². The highest BCUT2D eigenvalue weighted by Gasteiger charge is 2.32. The average molecular weight is 317 g/mol. The molecule has 1 atom stereocenters. The van der Waals surface area contributed by atoms with Crippen molar-refractivity contribution < 1.29 is 27.4 Å². The number of hydrogen-bond acceptors (Lipinski definition) is 4. The predicted molar refractivity (Wildman–Crippen MR) is 72.1 cm³/mol. The summed E-state index contributed by atoms with van der Waals surface area (Å²) in [6.07, 6.45) is 0.406. The molecule has 6 nitrogen and oxygen atoms in total. The van der Waals surface area contributed by atoms with Crippen molar-refractivity contribution in [1.82, 2.24) is 4.31 Å². The van der Waals surface area contributed by atoms with Crippen LogP contribution >= 0.6 is 0 Å². The summed E-state index contributed by atoms with van der Waals surface area (Å²) in [6, 6.07) is 2.74. The molecule has 0 amide bonds. The number of carbonyl (C=O) groups is 1. The smallest absolute Gasteiger partial charge is 0.335 e. The third kappa shape index (κ3) is 3.22. The molecule has 1 unspecified atom stereocenters. The quantitative estimate of drug-likeness (QED) is 0.905. The van der Waals surface area contributed by atoms with Crippen molar-refractivity contribution >= 4 is 16.0 Å². The van der Waals surface area contributed by atoms with E-state index in [0.717, 1.165) is 22.5 Å². The summed E-state index contributed by atoms with van der Waals surface area (Å²) in [5.74, 6) is -2.26. The van der Waals surface area contributed by atoms with Crippen LogP contribution in [-0.2, 0) is 14.8 Å². The van der Waals surface area contributed by atoms with Crippen molar-refractivity contribution in [3.8, 4) is 0 Å². The van der Waals surface area contributed by atoms with Crippen LogP contribution in [0.4, 0.5) is 4.39 Å². The lowest BCUT2D eigenvalue weighted by Crippen LogP contribution is -2.45. The van der Waals surface area contributed by atoms with Crippen molar-refractivity contribution in [2.75, 3.05) is 19.7 Å². The molecule has 1 aliphatic rings. The highest BCUT2D eigenvalue weighted by Crippen LogP contribution is 2.23. The van der Waals surface area contributed by atoms with Gasteiger partial charge in [-0.05, 0) is 24.6 Å². The molecule has 116 valence electrons. The fourth-order valence-corrected chi connectivity index (χ4v) is 3.68. The van der Waals surface area contributed by atoms with Crippen LogP contribution in [-0.4, -0.2) is 49.6 Å². The van der Waals surface area contributed by atoms with E-state index in [9.17, 15) is 17.6 Å². The highest BCUT2D eigenvalue weighted by atomic mass is 32.2. The van der Waals surface area contributed by atoms with E-state index in [1.807, 2.05) is 6.92 Å². The zero-order valence-corrected chi connectivity index (χ0v) is 12.3. The molecule has 8 heteroatoms. The molecular formula is C13H16FNO5S. The molecule has 1 aromatic carbocycles. The molecule has 21 heavy (non-hydrogen) atoms. The van der Waals surface area contributed by atoms with Crippen LogP contribution in [0.25, 0.3) is 0 Å². The Morgan fingerprint density at radius 1 is 1.52 bits per heavy atom. The van der Waals surface area contributed by atoms with Crippen LogP contribution in [0.15, 0.2) is 23.1 Å². The third-order valence-electron chi connectivity index (χ3n) is 3.35. The number of aromatic carboxylic acids is 1. The number of carboxylic acid groups (broad SMARTS) is 1. The number of halogens is 1. The van der Waals surface area contributed by atoms with Gasteiger partial charge in [0.15, 0.2) is 0 Å². The van der Waals surface area contributed by atoms with Gasteiger partial charge >= 0.3 is 5.97 Å². The van der Waals surface area contributed by atoms with E-state index in [1.54, 1.807) is 0 Å². The summed E-state index contributed by atoms with van der Waals surface area (Å²) in [5.41, 5.74) is -0.268. The van der Waals surface area contributed by atoms with Crippen LogP contribution in [0.2, 0.25) is 0 Å². The number of nitrogens with zero attached hydrogens (tertiary/aromatic N) is 1. The summed E-state index contributed by atoms with van der Waals surface area (Å²) in [4.78, 5) is 10.3. The van der Waals surface area contributed by atoms with E-state index >= 15 is 0 Å². The van der Waals surface area contributed by atoms with Gasteiger partial charge in [0.1, 0.15) is 10.7 Å². The van der Waals surface area contributed by atoms with Gasteiger partial charge in [-0.15, -0.1) is 0 Å². The second kappa shape index (κ2) is 6.08. The molecule has 0 bridgehead atoms. The van der Waals surface area contributed by atoms with Crippen molar-refractivity contribution in [1.29, 1.82) is 0 Å². The maximum Gasteiger partial charge on any atom is 0.335 e. The molecule has 1 aromatic rings. The van der Waals surface area contributed by atoms with Crippen LogP contribution < -0.4 is 0 Å². The van der Waals surface area contributed by atoms with Crippen molar-refractivity contribution in [2.24, 2.45) is 0 Å². The first kappa shape index (κ1) is 15.9. The Morgan fingerprint density at radius 3 is 2.86 bits per heavy atom. The van der Waals surface area contributed by atoms with Crippen molar-refractivity contribution in [2.45, 2.75) is 24.3 Å². The third-order valence-corrected chi connectivity index (χ3v) is 5.23. The van der Waals surface area contributed by atoms with Crippen LogP contribution in [0.5, 0.6) is 0 Å².